The van der Waals surface area contributed by atoms with E-state index in [9.17, 15) is 14.4 Å². The Morgan fingerprint density at radius 3 is 2.55 bits per heavy atom. The molecule has 0 aromatic heterocycles. The van der Waals surface area contributed by atoms with Gasteiger partial charge >= 0.3 is 0 Å². The number of para-hydroxylation sites is 1. The SMILES string of the molecule is CC(=O)NC1=NN(C(C)=O)[C@@]2(S1)C(=O)N(CCN1CCCCC1)c1ccccc12. The first kappa shape index (κ1) is 19.9. The number of anilines is 1. The monoisotopic (exact) mass is 415 g/mol. The summed E-state index contributed by atoms with van der Waals surface area (Å²) in [6, 6.07) is 7.53. The first-order valence-corrected chi connectivity index (χ1v) is 10.7. The predicted molar refractivity (Wildman–Crippen MR) is 112 cm³/mol. The highest BCUT2D eigenvalue weighted by Crippen LogP contribution is 2.54. The zero-order valence-corrected chi connectivity index (χ0v) is 17.5. The molecule has 3 heterocycles. The summed E-state index contributed by atoms with van der Waals surface area (Å²) in [4.78, 5) is 40.5. The lowest BCUT2D eigenvalue weighted by atomic mass is 10.1. The van der Waals surface area contributed by atoms with Crippen molar-refractivity contribution in [1.29, 1.82) is 0 Å². The number of amides is 3. The van der Waals surface area contributed by atoms with Crippen molar-refractivity contribution in [3.05, 3.63) is 29.8 Å². The number of hydrogen-bond donors (Lipinski definition) is 1. The van der Waals surface area contributed by atoms with E-state index in [1.54, 1.807) is 4.90 Å². The van der Waals surface area contributed by atoms with Gasteiger partial charge in [-0.25, -0.2) is 0 Å². The predicted octanol–water partition coefficient (Wildman–Crippen LogP) is 1.67. The lowest BCUT2D eigenvalue weighted by Crippen LogP contribution is -2.50. The van der Waals surface area contributed by atoms with Gasteiger partial charge in [-0.3, -0.25) is 14.4 Å². The number of nitrogens with one attached hydrogen (secondary N) is 1. The number of amidine groups is 1. The minimum Gasteiger partial charge on any atom is -0.308 e. The third-order valence-electron chi connectivity index (χ3n) is 5.50. The summed E-state index contributed by atoms with van der Waals surface area (Å²) in [5.41, 5.74) is 1.53. The highest BCUT2D eigenvalue weighted by Gasteiger charge is 2.60. The third-order valence-corrected chi connectivity index (χ3v) is 6.74. The number of likely N-dealkylation sites (tertiary alicyclic amines) is 1. The topological polar surface area (TPSA) is 85.3 Å². The van der Waals surface area contributed by atoms with Crippen molar-refractivity contribution in [3.8, 4) is 0 Å². The normalized spacial score (nSPS) is 24.1. The number of hydrazone groups is 1. The Morgan fingerprint density at radius 2 is 1.86 bits per heavy atom. The molecule has 8 nitrogen and oxygen atoms in total. The maximum absolute atomic E-state index is 13.7. The molecule has 1 atom stereocenters. The van der Waals surface area contributed by atoms with Gasteiger partial charge < -0.3 is 15.1 Å². The largest absolute Gasteiger partial charge is 0.308 e. The van der Waals surface area contributed by atoms with Gasteiger partial charge in [-0.15, -0.1) is 5.10 Å². The van der Waals surface area contributed by atoms with Crippen LogP contribution in [0.3, 0.4) is 0 Å². The summed E-state index contributed by atoms with van der Waals surface area (Å²) < 4.78 is 0. The van der Waals surface area contributed by atoms with E-state index in [-0.39, 0.29) is 22.9 Å². The van der Waals surface area contributed by atoms with Gasteiger partial charge in [0.05, 0.1) is 5.69 Å². The van der Waals surface area contributed by atoms with Crippen LogP contribution >= 0.6 is 11.8 Å². The van der Waals surface area contributed by atoms with Gasteiger partial charge in [0.1, 0.15) is 0 Å². The summed E-state index contributed by atoms with van der Waals surface area (Å²) in [6.07, 6.45) is 3.64. The van der Waals surface area contributed by atoms with E-state index in [4.69, 9.17) is 0 Å². The van der Waals surface area contributed by atoms with E-state index in [1.165, 1.54) is 38.1 Å². The van der Waals surface area contributed by atoms with Crippen molar-refractivity contribution in [2.75, 3.05) is 31.1 Å². The Labute approximate surface area is 174 Å². The second-order valence-electron chi connectivity index (χ2n) is 7.54. The number of carbonyl (C=O) groups is 3. The summed E-state index contributed by atoms with van der Waals surface area (Å²) in [7, 11) is 0. The lowest BCUT2D eigenvalue weighted by Gasteiger charge is -2.31. The standard InChI is InChI=1S/C20H25N5O3S/c1-14(26)21-19-22-25(15(2)27)20(29-19)16-8-4-5-9-17(16)24(18(20)28)13-12-23-10-6-3-7-11-23/h4-5,8-9H,3,6-7,10-13H2,1-2H3,(H,21,22,26)/t20-/m0/s1. The van der Waals surface area contributed by atoms with Crippen molar-refractivity contribution >= 4 is 40.3 Å². The molecule has 1 aromatic carbocycles. The molecule has 1 saturated heterocycles. The fourth-order valence-electron chi connectivity index (χ4n) is 4.21. The molecule has 3 aliphatic heterocycles. The smallest absolute Gasteiger partial charge is 0.270 e. The van der Waals surface area contributed by atoms with Crippen LogP contribution in [0, 0.1) is 0 Å². The molecule has 4 rings (SSSR count). The molecular weight excluding hydrogens is 390 g/mol. The van der Waals surface area contributed by atoms with E-state index < -0.39 is 4.87 Å². The number of carbonyl (C=O) groups excluding carboxylic acids is 3. The molecule has 3 aliphatic rings. The molecule has 1 N–H and O–H groups in total. The second kappa shape index (κ2) is 7.79. The zero-order valence-electron chi connectivity index (χ0n) is 16.7. The summed E-state index contributed by atoms with van der Waals surface area (Å²) >= 11 is 1.12. The van der Waals surface area contributed by atoms with Crippen molar-refractivity contribution in [3.63, 3.8) is 0 Å². The van der Waals surface area contributed by atoms with Crippen LogP contribution in [0.25, 0.3) is 0 Å². The van der Waals surface area contributed by atoms with Crippen LogP contribution < -0.4 is 10.2 Å². The van der Waals surface area contributed by atoms with Crippen LogP contribution in [-0.2, 0) is 19.3 Å². The number of rotatable bonds is 3. The Hall–Kier alpha value is -2.39. The number of thioether (sulfide) groups is 1. The van der Waals surface area contributed by atoms with Gasteiger partial charge in [0, 0.05) is 32.5 Å². The molecule has 9 heteroatoms. The summed E-state index contributed by atoms with van der Waals surface area (Å²) in [5.74, 6) is -0.837. The minimum atomic E-state index is -1.30. The molecule has 3 amide bonds. The Kier molecular flexibility index (Phi) is 5.35. The zero-order chi connectivity index (χ0) is 20.6. The van der Waals surface area contributed by atoms with E-state index in [1.807, 2.05) is 24.3 Å². The minimum absolute atomic E-state index is 0.194. The van der Waals surface area contributed by atoms with Crippen LogP contribution in [-0.4, -0.2) is 59.0 Å². The van der Waals surface area contributed by atoms with Crippen molar-refractivity contribution in [1.82, 2.24) is 15.2 Å². The van der Waals surface area contributed by atoms with Gasteiger partial charge in [-0.2, -0.15) is 5.01 Å². The lowest BCUT2D eigenvalue weighted by molar-refractivity contribution is -0.139. The van der Waals surface area contributed by atoms with Crippen LogP contribution in [0.5, 0.6) is 0 Å². The van der Waals surface area contributed by atoms with E-state index in [0.717, 1.165) is 42.6 Å². The molecule has 1 aromatic rings. The molecule has 0 bridgehead atoms. The van der Waals surface area contributed by atoms with Gasteiger partial charge in [0.15, 0.2) is 5.17 Å². The van der Waals surface area contributed by atoms with Gasteiger partial charge in [0.2, 0.25) is 16.7 Å². The first-order chi connectivity index (χ1) is 13.9. The van der Waals surface area contributed by atoms with E-state index >= 15 is 0 Å². The summed E-state index contributed by atoms with van der Waals surface area (Å²) in [5, 5.41) is 8.37. The van der Waals surface area contributed by atoms with Crippen molar-refractivity contribution in [2.45, 2.75) is 38.0 Å². The average molecular weight is 416 g/mol. The fourth-order valence-corrected chi connectivity index (χ4v) is 5.54. The van der Waals surface area contributed by atoms with E-state index in [2.05, 4.69) is 15.3 Å². The first-order valence-electron chi connectivity index (χ1n) is 9.93. The Bertz CT molecular complexity index is 883. The highest BCUT2D eigenvalue weighted by molar-refractivity contribution is 8.15. The number of piperidine rings is 1. The maximum Gasteiger partial charge on any atom is 0.270 e. The van der Waals surface area contributed by atoms with Crippen molar-refractivity contribution < 1.29 is 14.4 Å². The molecular formula is C20H25N5O3S. The third kappa shape index (κ3) is 3.42. The van der Waals surface area contributed by atoms with E-state index in [0.29, 0.717) is 6.54 Å². The van der Waals surface area contributed by atoms with Crippen LogP contribution in [0.1, 0.15) is 38.7 Å². The molecule has 29 heavy (non-hydrogen) atoms. The van der Waals surface area contributed by atoms with Crippen LogP contribution in [0.2, 0.25) is 0 Å². The Balaban J connectivity index is 1.66. The van der Waals surface area contributed by atoms with Crippen molar-refractivity contribution in [2.24, 2.45) is 5.10 Å². The summed E-state index contributed by atoms with van der Waals surface area (Å²) in [6.45, 7) is 6.22. The molecule has 154 valence electrons. The molecule has 1 spiro atoms. The van der Waals surface area contributed by atoms with Gasteiger partial charge in [0.25, 0.3) is 5.91 Å². The number of nitrogens with zero attached hydrogens (tertiary/aromatic N) is 4. The van der Waals surface area contributed by atoms with Crippen LogP contribution in [0.4, 0.5) is 5.69 Å². The van der Waals surface area contributed by atoms with Gasteiger partial charge in [-0.05, 0) is 43.8 Å². The Morgan fingerprint density at radius 1 is 1.14 bits per heavy atom. The molecule has 0 unspecified atom stereocenters. The molecule has 0 aliphatic carbocycles. The second-order valence-corrected chi connectivity index (χ2v) is 8.72. The quantitative estimate of drug-likeness (QED) is 0.812. The highest BCUT2D eigenvalue weighted by atomic mass is 32.2. The van der Waals surface area contributed by atoms with Crippen LogP contribution in [0.15, 0.2) is 29.4 Å². The number of hydrogen-bond acceptors (Lipinski definition) is 6. The molecule has 0 saturated carbocycles. The maximum atomic E-state index is 13.7. The molecule has 1 fully saturated rings. The number of fused-ring (bicyclic) bond motifs is 2. The molecule has 0 radical (unpaired) electrons. The van der Waals surface area contributed by atoms with Gasteiger partial charge in [-0.1, -0.05) is 24.6 Å². The number of benzene rings is 1. The average Bonchev–Trinajstić information content (AvgIpc) is 3.18. The fraction of sp³-hybridized carbons (Fsp3) is 0.500.